The van der Waals surface area contributed by atoms with Crippen molar-refractivity contribution >= 4 is 0 Å². The van der Waals surface area contributed by atoms with Gasteiger partial charge >= 0.3 is 0 Å². The Hall–Kier alpha value is -0.240. The highest BCUT2D eigenvalue weighted by atomic mass is 16.8. The molecular weight excluding hydrogens is 216 g/mol. The normalized spacial score (nSPS) is 56.8. The summed E-state index contributed by atoms with van der Waals surface area (Å²) in [6.45, 7) is 4.03. The molecule has 0 spiro atoms. The molecule has 1 N–H and O–H groups in total. The van der Waals surface area contributed by atoms with Gasteiger partial charge in [0.25, 0.3) is 0 Å². The second-order valence-electron chi connectivity index (χ2n) is 4.34. The minimum atomic E-state index is -0.975. The van der Waals surface area contributed by atoms with Gasteiger partial charge in [0.05, 0.1) is 6.61 Å². The summed E-state index contributed by atoms with van der Waals surface area (Å²) in [5.41, 5.74) is 0. The van der Waals surface area contributed by atoms with Gasteiger partial charge in [-0.3, -0.25) is 0 Å². The van der Waals surface area contributed by atoms with Crippen LogP contribution in [0, 0.1) is 0 Å². The van der Waals surface area contributed by atoms with Crippen LogP contribution in [0.5, 0.6) is 0 Å². The third-order valence-electron chi connectivity index (χ3n) is 3.15. The minimum Gasteiger partial charge on any atom is -0.366 e. The van der Waals surface area contributed by atoms with Crippen LogP contribution in [0.1, 0.15) is 13.8 Å². The van der Waals surface area contributed by atoms with E-state index in [-0.39, 0.29) is 30.9 Å². The van der Waals surface area contributed by atoms with Crippen LogP contribution < -0.4 is 0 Å². The Morgan fingerprint density at radius 2 is 1.56 bits per heavy atom. The number of aliphatic hydroxyl groups excluding tert-OH is 1. The largest absolute Gasteiger partial charge is 0.366 e. The predicted molar refractivity (Wildman–Crippen MR) is 50.4 cm³/mol. The lowest BCUT2D eigenvalue weighted by Gasteiger charge is -2.44. The lowest BCUT2D eigenvalue weighted by molar-refractivity contribution is -0.333. The van der Waals surface area contributed by atoms with Gasteiger partial charge in [0.1, 0.15) is 24.4 Å². The molecule has 6 heteroatoms. The van der Waals surface area contributed by atoms with Crippen molar-refractivity contribution in [3.63, 3.8) is 0 Å². The average Bonchev–Trinajstić information content (AvgIpc) is 2.62. The number of rotatable bonds is 0. The summed E-state index contributed by atoms with van der Waals surface area (Å²) in [7, 11) is 0. The molecule has 92 valence electrons. The summed E-state index contributed by atoms with van der Waals surface area (Å²) in [6.07, 6.45) is -2.87. The smallest absolute Gasteiger partial charge is 0.184 e. The molecule has 3 aliphatic heterocycles. The zero-order valence-electron chi connectivity index (χ0n) is 9.24. The van der Waals surface area contributed by atoms with E-state index < -0.39 is 12.4 Å². The lowest BCUT2D eigenvalue weighted by Crippen LogP contribution is -2.61. The van der Waals surface area contributed by atoms with Crippen molar-refractivity contribution in [3.8, 4) is 0 Å². The molecule has 7 atom stereocenters. The van der Waals surface area contributed by atoms with Crippen molar-refractivity contribution in [1.82, 2.24) is 0 Å². The molecule has 3 aliphatic rings. The Bertz CT molecular complexity index is 272. The molecule has 0 bridgehead atoms. The second kappa shape index (κ2) is 3.90. The number of ether oxygens (including phenoxy) is 5. The molecule has 16 heavy (non-hydrogen) atoms. The van der Waals surface area contributed by atoms with Crippen molar-refractivity contribution in [3.05, 3.63) is 0 Å². The Morgan fingerprint density at radius 1 is 0.875 bits per heavy atom. The number of fused-ring (bicyclic) bond motifs is 3. The van der Waals surface area contributed by atoms with Crippen molar-refractivity contribution < 1.29 is 28.8 Å². The first-order chi connectivity index (χ1) is 7.65. The average molecular weight is 232 g/mol. The first-order valence-electron chi connectivity index (χ1n) is 5.56. The van der Waals surface area contributed by atoms with Crippen LogP contribution in [-0.2, 0) is 23.7 Å². The summed E-state index contributed by atoms with van der Waals surface area (Å²) in [6, 6.07) is 0. The fourth-order valence-electron chi connectivity index (χ4n) is 2.46. The van der Waals surface area contributed by atoms with E-state index in [0.29, 0.717) is 6.61 Å². The van der Waals surface area contributed by atoms with Crippen LogP contribution in [0.2, 0.25) is 0 Å². The second-order valence-corrected chi connectivity index (χ2v) is 4.34. The highest BCUT2D eigenvalue weighted by Crippen LogP contribution is 2.35. The third-order valence-corrected chi connectivity index (χ3v) is 3.15. The monoisotopic (exact) mass is 232 g/mol. The molecule has 0 aromatic carbocycles. The SMILES string of the molecule is CC1OC[C@H]2O[C@H](O)[C@H]3OC(C)O[C@H]3C2O1. The van der Waals surface area contributed by atoms with Gasteiger partial charge in [-0.1, -0.05) is 0 Å². The summed E-state index contributed by atoms with van der Waals surface area (Å²) in [5.74, 6) is 0. The standard InChI is InChI=1S/C10H16O6/c1-4-12-3-6-7(13-4)8-9(10(11)16-6)15-5(2)14-8/h4-11H,3H2,1-2H3/t4?,5?,6-,7?,8+,9+,10+/m1/s1. The molecule has 0 amide bonds. The molecule has 0 aromatic heterocycles. The molecule has 3 unspecified atom stereocenters. The van der Waals surface area contributed by atoms with Crippen LogP contribution in [0.15, 0.2) is 0 Å². The van der Waals surface area contributed by atoms with E-state index in [1.165, 1.54) is 0 Å². The summed E-state index contributed by atoms with van der Waals surface area (Å²) in [4.78, 5) is 0. The van der Waals surface area contributed by atoms with E-state index in [1.54, 1.807) is 6.92 Å². The van der Waals surface area contributed by atoms with Crippen molar-refractivity contribution in [2.75, 3.05) is 6.61 Å². The van der Waals surface area contributed by atoms with Crippen molar-refractivity contribution in [2.24, 2.45) is 0 Å². The highest BCUT2D eigenvalue weighted by Gasteiger charge is 2.54. The fourth-order valence-corrected chi connectivity index (χ4v) is 2.46. The van der Waals surface area contributed by atoms with Crippen LogP contribution >= 0.6 is 0 Å². The van der Waals surface area contributed by atoms with E-state index >= 15 is 0 Å². The van der Waals surface area contributed by atoms with E-state index in [2.05, 4.69) is 0 Å². The van der Waals surface area contributed by atoms with Gasteiger partial charge in [0.2, 0.25) is 0 Å². The molecule has 3 saturated heterocycles. The van der Waals surface area contributed by atoms with Crippen LogP contribution in [0.3, 0.4) is 0 Å². The third kappa shape index (κ3) is 1.66. The fraction of sp³-hybridized carbons (Fsp3) is 1.00. The quantitative estimate of drug-likeness (QED) is 0.612. The Labute approximate surface area is 93.4 Å². The molecule has 3 heterocycles. The molecule has 0 radical (unpaired) electrons. The minimum absolute atomic E-state index is 0.234. The molecule has 0 aromatic rings. The highest BCUT2D eigenvalue weighted by molar-refractivity contribution is 4.95. The molecule has 0 aliphatic carbocycles. The molecule has 6 nitrogen and oxygen atoms in total. The van der Waals surface area contributed by atoms with Gasteiger partial charge in [-0.25, -0.2) is 0 Å². The zero-order valence-corrected chi connectivity index (χ0v) is 9.24. The van der Waals surface area contributed by atoms with Crippen LogP contribution in [0.25, 0.3) is 0 Å². The molecular formula is C10H16O6. The molecule has 3 fully saturated rings. The van der Waals surface area contributed by atoms with Crippen LogP contribution in [-0.4, -0.2) is 55.0 Å². The number of hydrogen-bond acceptors (Lipinski definition) is 6. The maximum Gasteiger partial charge on any atom is 0.184 e. The van der Waals surface area contributed by atoms with E-state index in [9.17, 15) is 5.11 Å². The van der Waals surface area contributed by atoms with Gasteiger partial charge < -0.3 is 28.8 Å². The van der Waals surface area contributed by atoms with Crippen LogP contribution in [0.4, 0.5) is 0 Å². The first-order valence-corrected chi connectivity index (χ1v) is 5.56. The molecule has 3 rings (SSSR count). The van der Waals surface area contributed by atoms with Crippen molar-refractivity contribution in [1.29, 1.82) is 0 Å². The zero-order chi connectivity index (χ0) is 11.3. The maximum atomic E-state index is 9.76. The number of hydrogen-bond donors (Lipinski definition) is 1. The van der Waals surface area contributed by atoms with Gasteiger partial charge in [-0.2, -0.15) is 0 Å². The molecule has 0 saturated carbocycles. The van der Waals surface area contributed by atoms with Crippen molar-refractivity contribution in [2.45, 2.75) is 57.1 Å². The number of aliphatic hydroxyl groups is 1. The Balaban J connectivity index is 1.80. The van der Waals surface area contributed by atoms with E-state index in [0.717, 1.165) is 0 Å². The lowest BCUT2D eigenvalue weighted by atomic mass is 9.98. The van der Waals surface area contributed by atoms with Gasteiger partial charge in [0, 0.05) is 0 Å². The predicted octanol–water partition coefficient (Wildman–Crippen LogP) is -0.405. The maximum absolute atomic E-state index is 9.76. The van der Waals surface area contributed by atoms with Gasteiger partial charge in [0.15, 0.2) is 18.9 Å². The summed E-state index contributed by atoms with van der Waals surface area (Å²) >= 11 is 0. The Kier molecular flexibility index (Phi) is 2.66. The van der Waals surface area contributed by atoms with E-state index in [1.807, 2.05) is 6.92 Å². The topological polar surface area (TPSA) is 66.4 Å². The van der Waals surface area contributed by atoms with Gasteiger partial charge in [-0.05, 0) is 13.8 Å². The van der Waals surface area contributed by atoms with E-state index in [4.69, 9.17) is 23.7 Å². The first kappa shape index (κ1) is 10.9. The summed E-state index contributed by atoms with van der Waals surface area (Å²) < 4.78 is 27.4. The summed E-state index contributed by atoms with van der Waals surface area (Å²) in [5, 5.41) is 9.76. The Morgan fingerprint density at radius 3 is 2.38 bits per heavy atom. The van der Waals surface area contributed by atoms with Gasteiger partial charge in [-0.15, -0.1) is 0 Å².